The van der Waals surface area contributed by atoms with Gasteiger partial charge in [-0.15, -0.1) is 0 Å². The Hall–Kier alpha value is -5.16. The first kappa shape index (κ1) is 43.5. The van der Waals surface area contributed by atoms with Gasteiger partial charge in [0.05, 0.1) is 32.6 Å². The van der Waals surface area contributed by atoms with Gasteiger partial charge in [-0.2, -0.15) is 0 Å². The molecule has 1 aromatic heterocycles. The number of carbonyl (C=O) groups is 1. The molecule has 5 aromatic rings. The van der Waals surface area contributed by atoms with Gasteiger partial charge in [-0.05, 0) is 104 Å². The summed E-state index contributed by atoms with van der Waals surface area (Å²) in [4.78, 5) is 32.7. The van der Waals surface area contributed by atoms with Crippen molar-refractivity contribution in [1.82, 2.24) is 14.6 Å². The van der Waals surface area contributed by atoms with Crippen LogP contribution in [0.2, 0.25) is 10.0 Å². The molecule has 0 aliphatic carbocycles. The zero-order valence-electron chi connectivity index (χ0n) is 34.4. The van der Waals surface area contributed by atoms with Gasteiger partial charge in [-0.1, -0.05) is 35.3 Å². The van der Waals surface area contributed by atoms with E-state index >= 15 is 0 Å². The molecular weight excluding hydrogens is 856 g/mol. The summed E-state index contributed by atoms with van der Waals surface area (Å²) < 4.78 is 47.5. The van der Waals surface area contributed by atoms with Crippen molar-refractivity contribution in [1.29, 1.82) is 0 Å². The fourth-order valence-electron chi connectivity index (χ4n) is 8.15. The average Bonchev–Trinajstić information content (AvgIpc) is 3.71. The number of carbonyl (C=O) groups excluding carboxylic acids is 1. The SMILES string of the molecule is CC1(C)CC(c2ccc(Cl)cc2)=C(CN2CCN(c3ccc(C(=O)NS(=O)(=O)c4ccc(NCC5CCOCC5)c([N+](=O)[O-])c4)c(Oc4cc5cc[nH]c5cc4Cl)c3)CC2)CO1. The first-order chi connectivity index (χ1) is 29.7. The molecule has 2 fully saturated rings. The van der Waals surface area contributed by atoms with Gasteiger partial charge >= 0.3 is 0 Å². The number of ether oxygens (including phenoxy) is 3. The van der Waals surface area contributed by atoms with Gasteiger partial charge in [0, 0.05) is 98.8 Å². The summed E-state index contributed by atoms with van der Waals surface area (Å²) in [6, 6.07) is 21.8. The number of nitrogens with zero attached hydrogens (tertiary/aromatic N) is 3. The maximum atomic E-state index is 14.0. The number of amides is 1. The molecular formula is C45H48Cl2N6O8S. The lowest BCUT2D eigenvalue weighted by Gasteiger charge is -2.39. The maximum absolute atomic E-state index is 14.0. The van der Waals surface area contributed by atoms with E-state index in [9.17, 15) is 23.3 Å². The fourth-order valence-corrected chi connectivity index (χ4v) is 9.47. The molecule has 62 heavy (non-hydrogen) atoms. The van der Waals surface area contributed by atoms with E-state index in [0.29, 0.717) is 44.5 Å². The summed E-state index contributed by atoms with van der Waals surface area (Å²) in [5.74, 6) is -0.379. The molecule has 0 unspecified atom stereocenters. The minimum absolute atomic E-state index is 0.0765. The number of fused-ring (bicyclic) bond motifs is 1. The summed E-state index contributed by atoms with van der Waals surface area (Å²) in [6.07, 6.45) is 4.19. The third-order valence-corrected chi connectivity index (χ3v) is 13.5. The molecule has 4 heterocycles. The highest BCUT2D eigenvalue weighted by Gasteiger charge is 2.31. The van der Waals surface area contributed by atoms with Gasteiger partial charge in [0.2, 0.25) is 0 Å². The largest absolute Gasteiger partial charge is 0.455 e. The first-order valence-electron chi connectivity index (χ1n) is 20.6. The van der Waals surface area contributed by atoms with Crippen molar-refractivity contribution >= 4 is 72.7 Å². The van der Waals surface area contributed by atoms with Crippen molar-refractivity contribution in [2.75, 3.05) is 69.3 Å². The Morgan fingerprint density at radius 1 is 0.968 bits per heavy atom. The van der Waals surface area contributed by atoms with Gasteiger partial charge in [0.15, 0.2) is 0 Å². The average molecular weight is 904 g/mol. The molecule has 1 amide bonds. The number of benzene rings is 4. The van der Waals surface area contributed by atoms with E-state index < -0.39 is 31.4 Å². The van der Waals surface area contributed by atoms with Crippen molar-refractivity contribution in [3.63, 3.8) is 0 Å². The van der Waals surface area contributed by atoms with E-state index in [4.69, 9.17) is 37.4 Å². The van der Waals surface area contributed by atoms with Gasteiger partial charge in [0.1, 0.15) is 17.2 Å². The number of sulfonamides is 1. The molecule has 3 aliphatic heterocycles. The van der Waals surface area contributed by atoms with Crippen LogP contribution in [0, 0.1) is 16.0 Å². The van der Waals surface area contributed by atoms with Gasteiger partial charge in [-0.25, -0.2) is 13.1 Å². The number of rotatable bonds is 13. The molecule has 2 saturated heterocycles. The maximum Gasteiger partial charge on any atom is 0.293 e. The minimum atomic E-state index is -4.58. The van der Waals surface area contributed by atoms with Crippen molar-refractivity contribution in [2.24, 2.45) is 5.92 Å². The lowest BCUT2D eigenvalue weighted by atomic mass is 9.87. The van der Waals surface area contributed by atoms with Crippen LogP contribution in [0.15, 0.2) is 95.5 Å². The summed E-state index contributed by atoms with van der Waals surface area (Å²) >= 11 is 12.9. The normalized spacial score (nSPS) is 17.6. The Bertz CT molecular complexity index is 2620. The molecule has 0 saturated carbocycles. The van der Waals surface area contributed by atoms with Crippen LogP contribution in [0.3, 0.4) is 0 Å². The number of hydrogen-bond donors (Lipinski definition) is 3. The van der Waals surface area contributed by atoms with E-state index in [1.54, 1.807) is 30.5 Å². The lowest BCUT2D eigenvalue weighted by molar-refractivity contribution is -0.384. The molecule has 0 spiro atoms. The highest BCUT2D eigenvalue weighted by Crippen LogP contribution is 2.39. The monoisotopic (exact) mass is 902 g/mol. The van der Waals surface area contributed by atoms with Crippen LogP contribution in [-0.2, 0) is 19.5 Å². The van der Waals surface area contributed by atoms with Gasteiger partial charge in [0.25, 0.3) is 21.6 Å². The van der Waals surface area contributed by atoms with Crippen molar-refractivity contribution in [3.05, 3.63) is 122 Å². The smallest absolute Gasteiger partial charge is 0.293 e. The number of H-pyrrole nitrogens is 1. The predicted octanol–water partition coefficient (Wildman–Crippen LogP) is 8.91. The summed E-state index contributed by atoms with van der Waals surface area (Å²) in [7, 11) is -4.58. The number of nitro benzene ring substituents is 1. The number of halogens is 2. The van der Waals surface area contributed by atoms with Crippen LogP contribution in [0.5, 0.6) is 11.5 Å². The second-order valence-corrected chi connectivity index (χ2v) is 19.0. The molecule has 0 bridgehead atoms. The minimum Gasteiger partial charge on any atom is -0.455 e. The number of nitro groups is 1. The van der Waals surface area contributed by atoms with E-state index in [0.717, 1.165) is 67.1 Å². The van der Waals surface area contributed by atoms with Crippen molar-refractivity contribution in [2.45, 2.75) is 43.6 Å². The first-order valence-corrected chi connectivity index (χ1v) is 22.8. The van der Waals surface area contributed by atoms with Crippen LogP contribution < -0.4 is 19.7 Å². The third-order valence-electron chi connectivity index (χ3n) is 11.7. The predicted molar refractivity (Wildman–Crippen MR) is 241 cm³/mol. The Morgan fingerprint density at radius 3 is 2.47 bits per heavy atom. The molecule has 326 valence electrons. The number of piperazine rings is 1. The molecule has 3 aliphatic rings. The van der Waals surface area contributed by atoms with E-state index in [-0.39, 0.29) is 39.3 Å². The Morgan fingerprint density at radius 2 is 1.73 bits per heavy atom. The van der Waals surface area contributed by atoms with Gasteiger partial charge < -0.3 is 29.4 Å². The van der Waals surface area contributed by atoms with E-state index in [2.05, 4.69) is 50.8 Å². The molecule has 4 aromatic carbocycles. The zero-order chi connectivity index (χ0) is 43.6. The van der Waals surface area contributed by atoms with Crippen molar-refractivity contribution in [3.8, 4) is 11.5 Å². The highest BCUT2D eigenvalue weighted by atomic mass is 35.5. The molecule has 17 heteroatoms. The summed E-state index contributed by atoms with van der Waals surface area (Å²) in [6.45, 7) is 10.1. The van der Waals surface area contributed by atoms with E-state index in [1.807, 2.05) is 18.2 Å². The van der Waals surface area contributed by atoms with Crippen LogP contribution in [0.1, 0.15) is 49.0 Å². The molecule has 3 N–H and O–H groups in total. The Kier molecular flexibility index (Phi) is 12.8. The standard InChI is InChI=1S/C45H48Cl2N6O8S/c1-45(2)25-37(30-3-5-33(46)6-4-30)32(28-60-45)27-51-15-17-52(18-16-51)34-7-9-36(42(22-34)61-43-21-31-11-14-48-40(31)24-38(43)47)44(54)50-62(57,58)35-8-10-39(41(23-35)53(55)56)49-26-29-12-19-59-20-13-29/h3-11,14,21-24,29,48-49H,12-13,15-20,25-28H2,1-2H3,(H,50,54). The molecule has 8 rings (SSSR count). The van der Waals surface area contributed by atoms with Crippen LogP contribution in [-0.4, -0.2) is 93.8 Å². The highest BCUT2D eigenvalue weighted by molar-refractivity contribution is 7.90. The number of anilines is 2. The zero-order valence-corrected chi connectivity index (χ0v) is 36.7. The quantitative estimate of drug-likeness (QED) is 0.0762. The third kappa shape index (κ3) is 10.0. The van der Waals surface area contributed by atoms with Crippen LogP contribution >= 0.6 is 23.2 Å². The Balaban J connectivity index is 1.02. The number of aromatic amines is 1. The molecule has 14 nitrogen and oxygen atoms in total. The fraction of sp³-hybridized carbons (Fsp3) is 0.356. The lowest BCUT2D eigenvalue weighted by Crippen LogP contribution is -2.47. The Labute approximate surface area is 370 Å². The molecule has 0 atom stereocenters. The number of hydrogen-bond acceptors (Lipinski definition) is 11. The van der Waals surface area contributed by atoms with E-state index in [1.165, 1.54) is 29.3 Å². The number of nitrogens with one attached hydrogen (secondary N) is 3. The van der Waals surface area contributed by atoms with Crippen LogP contribution in [0.4, 0.5) is 17.1 Å². The summed E-state index contributed by atoms with van der Waals surface area (Å²) in [5.41, 5.74) is 4.62. The number of aromatic nitrogens is 1. The van der Waals surface area contributed by atoms with Gasteiger partial charge in [-0.3, -0.25) is 19.8 Å². The summed E-state index contributed by atoms with van der Waals surface area (Å²) in [5, 5.41) is 17.0. The topological polar surface area (TPSA) is 168 Å². The molecule has 0 radical (unpaired) electrons. The van der Waals surface area contributed by atoms with Crippen molar-refractivity contribution < 1.29 is 32.3 Å². The second-order valence-electron chi connectivity index (χ2n) is 16.5. The second kappa shape index (κ2) is 18.3. The van der Waals surface area contributed by atoms with Crippen LogP contribution in [0.25, 0.3) is 16.5 Å².